The van der Waals surface area contributed by atoms with Crippen LogP contribution < -0.4 is 5.32 Å². The van der Waals surface area contributed by atoms with E-state index in [1.165, 1.54) is 14.2 Å². The minimum Gasteiger partial charge on any atom is -0.468 e. The van der Waals surface area contributed by atoms with Gasteiger partial charge in [-0.3, -0.25) is 19.1 Å². The molecule has 1 heterocycles. The van der Waals surface area contributed by atoms with Gasteiger partial charge in [-0.1, -0.05) is 54.1 Å². The Hall–Kier alpha value is -3.03. The number of hydrogen-bond donors (Lipinski definition) is 1. The second-order valence-corrected chi connectivity index (χ2v) is 9.69. The Bertz CT molecular complexity index is 1190. The molecule has 4 atom stereocenters. The average molecular weight is 452 g/mol. The van der Waals surface area contributed by atoms with E-state index in [-0.39, 0.29) is 6.42 Å². The summed E-state index contributed by atoms with van der Waals surface area (Å²) in [7, 11) is 0.769. The molecule has 6 nitrogen and oxygen atoms in total. The lowest BCUT2D eigenvalue weighted by Gasteiger charge is -2.31. The average Bonchev–Trinajstić information content (AvgIpc) is 3.24. The van der Waals surface area contributed by atoms with Crippen LogP contribution in [0.2, 0.25) is 0 Å². The lowest BCUT2D eigenvalue weighted by molar-refractivity contribution is -0.144. The zero-order valence-corrected chi connectivity index (χ0v) is 19.0. The number of ether oxygens (including phenoxy) is 2. The SMILES string of the molecule is COC(=O)[C@@H]1C[C@](C(=O)OC)([S@](=O)c2ccc(C)cc2)[C@H](c2ccc3ccccc3c2)N1. The van der Waals surface area contributed by atoms with E-state index in [1.807, 2.05) is 61.5 Å². The fourth-order valence-corrected chi connectivity index (χ4v) is 6.14. The highest BCUT2D eigenvalue weighted by Gasteiger charge is 2.60. The Balaban J connectivity index is 1.89. The van der Waals surface area contributed by atoms with Crippen molar-refractivity contribution in [3.63, 3.8) is 0 Å². The van der Waals surface area contributed by atoms with Crippen molar-refractivity contribution in [1.82, 2.24) is 5.32 Å². The first-order chi connectivity index (χ1) is 15.4. The minimum absolute atomic E-state index is 0.00960. The predicted molar refractivity (Wildman–Crippen MR) is 123 cm³/mol. The molecule has 1 aliphatic rings. The van der Waals surface area contributed by atoms with Crippen LogP contribution in [0.1, 0.15) is 23.6 Å². The summed E-state index contributed by atoms with van der Waals surface area (Å²) in [5.74, 6) is -1.14. The molecule has 0 spiro atoms. The van der Waals surface area contributed by atoms with Gasteiger partial charge in [0.15, 0.2) is 4.75 Å². The van der Waals surface area contributed by atoms with Crippen molar-refractivity contribution < 1.29 is 23.3 Å². The van der Waals surface area contributed by atoms with Crippen LogP contribution in [0.5, 0.6) is 0 Å². The Morgan fingerprint density at radius 2 is 1.66 bits per heavy atom. The molecular formula is C25H25NO5S. The smallest absolute Gasteiger partial charge is 0.327 e. The summed E-state index contributed by atoms with van der Waals surface area (Å²) in [6.07, 6.45) is -0.00960. The number of hydrogen-bond acceptors (Lipinski definition) is 6. The van der Waals surface area contributed by atoms with Gasteiger partial charge in [-0.2, -0.15) is 0 Å². The summed E-state index contributed by atoms with van der Waals surface area (Å²) >= 11 is 0. The van der Waals surface area contributed by atoms with Crippen molar-refractivity contribution in [2.75, 3.05) is 14.2 Å². The van der Waals surface area contributed by atoms with Crippen molar-refractivity contribution >= 4 is 33.5 Å². The molecule has 1 saturated heterocycles. The number of methoxy groups -OCH3 is 2. The minimum atomic E-state index is -1.80. The molecule has 0 unspecified atom stereocenters. The zero-order valence-electron chi connectivity index (χ0n) is 18.2. The van der Waals surface area contributed by atoms with Crippen LogP contribution in [-0.2, 0) is 29.9 Å². The molecule has 0 radical (unpaired) electrons. The third-order valence-electron chi connectivity index (χ3n) is 6.03. The van der Waals surface area contributed by atoms with Crippen LogP contribution in [0.25, 0.3) is 10.8 Å². The number of carbonyl (C=O) groups excluding carboxylic acids is 2. The van der Waals surface area contributed by atoms with Gasteiger partial charge in [0.1, 0.15) is 6.04 Å². The van der Waals surface area contributed by atoms with Gasteiger partial charge in [0.25, 0.3) is 0 Å². The van der Waals surface area contributed by atoms with E-state index in [0.29, 0.717) is 4.90 Å². The second kappa shape index (κ2) is 8.84. The molecule has 32 heavy (non-hydrogen) atoms. The van der Waals surface area contributed by atoms with Crippen LogP contribution in [0.15, 0.2) is 71.6 Å². The predicted octanol–water partition coefficient (Wildman–Crippen LogP) is 3.44. The topological polar surface area (TPSA) is 81.7 Å². The highest BCUT2D eigenvalue weighted by molar-refractivity contribution is 7.87. The number of esters is 2. The van der Waals surface area contributed by atoms with Crippen LogP contribution >= 0.6 is 0 Å². The second-order valence-electron chi connectivity index (χ2n) is 7.95. The molecule has 0 saturated carbocycles. The molecule has 3 aromatic carbocycles. The Morgan fingerprint density at radius 3 is 2.31 bits per heavy atom. The van der Waals surface area contributed by atoms with Crippen molar-refractivity contribution in [2.45, 2.75) is 35.1 Å². The van der Waals surface area contributed by atoms with E-state index in [0.717, 1.165) is 21.9 Å². The van der Waals surface area contributed by atoms with Crippen molar-refractivity contribution in [1.29, 1.82) is 0 Å². The van der Waals surface area contributed by atoms with E-state index in [9.17, 15) is 13.8 Å². The van der Waals surface area contributed by atoms with Gasteiger partial charge in [0.2, 0.25) is 0 Å². The number of carbonyl (C=O) groups is 2. The van der Waals surface area contributed by atoms with E-state index in [4.69, 9.17) is 9.47 Å². The molecule has 1 aliphatic heterocycles. The molecule has 0 amide bonds. The lowest BCUT2D eigenvalue weighted by atomic mass is 9.91. The fraction of sp³-hybridized carbons (Fsp3) is 0.280. The van der Waals surface area contributed by atoms with Gasteiger partial charge in [-0.05, 0) is 41.5 Å². The van der Waals surface area contributed by atoms with Crippen molar-refractivity contribution in [2.24, 2.45) is 0 Å². The molecule has 0 aromatic heterocycles. The van der Waals surface area contributed by atoms with E-state index in [1.54, 1.807) is 12.1 Å². The summed E-state index contributed by atoms with van der Waals surface area (Å²) in [6, 6.07) is 19.3. The standard InChI is InChI=1S/C25H25NO5S/c1-16-8-12-20(13-9-16)32(29)25(24(28)31-3)15-21(23(27)30-2)26-22(25)19-11-10-17-6-4-5-7-18(17)14-19/h4-14,21-22,26H,15H2,1-3H3/t21-,22-,25-,32+/m0/s1. The molecule has 3 aromatic rings. The van der Waals surface area contributed by atoms with Gasteiger partial charge in [-0.15, -0.1) is 0 Å². The van der Waals surface area contributed by atoms with Gasteiger partial charge < -0.3 is 9.47 Å². The highest BCUT2D eigenvalue weighted by Crippen LogP contribution is 2.45. The van der Waals surface area contributed by atoms with Crippen LogP contribution in [0, 0.1) is 6.92 Å². The van der Waals surface area contributed by atoms with Gasteiger partial charge in [-0.25, -0.2) is 0 Å². The first kappa shape index (κ1) is 22.2. The van der Waals surface area contributed by atoms with E-state index < -0.39 is 39.6 Å². The first-order valence-corrected chi connectivity index (χ1v) is 11.4. The monoisotopic (exact) mass is 451 g/mol. The molecule has 166 valence electrons. The normalized spacial score (nSPS) is 23.6. The van der Waals surface area contributed by atoms with Crippen LogP contribution in [0.4, 0.5) is 0 Å². The number of nitrogens with one attached hydrogen (secondary N) is 1. The first-order valence-electron chi connectivity index (χ1n) is 10.3. The molecule has 4 rings (SSSR count). The number of fused-ring (bicyclic) bond motifs is 1. The van der Waals surface area contributed by atoms with Crippen LogP contribution in [0.3, 0.4) is 0 Å². The van der Waals surface area contributed by atoms with Gasteiger partial charge in [0.05, 0.1) is 31.1 Å². The Morgan fingerprint density at radius 1 is 0.969 bits per heavy atom. The third-order valence-corrected chi connectivity index (χ3v) is 7.96. The largest absolute Gasteiger partial charge is 0.468 e. The molecule has 0 bridgehead atoms. The summed E-state index contributed by atoms with van der Waals surface area (Å²) < 4.78 is 22.6. The summed E-state index contributed by atoms with van der Waals surface area (Å²) in [5.41, 5.74) is 1.77. The third kappa shape index (κ3) is 3.72. The molecule has 1 N–H and O–H groups in total. The molecule has 0 aliphatic carbocycles. The molecule has 1 fully saturated rings. The maximum Gasteiger partial charge on any atom is 0.327 e. The quantitative estimate of drug-likeness (QED) is 0.599. The van der Waals surface area contributed by atoms with E-state index in [2.05, 4.69) is 5.32 Å². The van der Waals surface area contributed by atoms with Crippen LogP contribution in [-0.4, -0.2) is 41.2 Å². The highest BCUT2D eigenvalue weighted by atomic mass is 32.2. The summed E-state index contributed by atoms with van der Waals surface area (Å²) in [5, 5.41) is 5.25. The summed E-state index contributed by atoms with van der Waals surface area (Å²) in [6.45, 7) is 1.94. The number of aryl methyl sites for hydroxylation is 1. The van der Waals surface area contributed by atoms with E-state index >= 15 is 0 Å². The fourth-order valence-electron chi connectivity index (χ4n) is 4.37. The lowest BCUT2D eigenvalue weighted by Crippen LogP contribution is -2.48. The molecular weight excluding hydrogens is 426 g/mol. The Kier molecular flexibility index (Phi) is 6.13. The number of benzene rings is 3. The van der Waals surface area contributed by atoms with Crippen molar-refractivity contribution in [3.05, 3.63) is 77.9 Å². The number of rotatable bonds is 5. The molecule has 7 heteroatoms. The maximum atomic E-state index is 14.0. The summed E-state index contributed by atoms with van der Waals surface area (Å²) in [4.78, 5) is 26.3. The van der Waals surface area contributed by atoms with Gasteiger partial charge in [0, 0.05) is 11.3 Å². The Labute approximate surface area is 189 Å². The maximum absolute atomic E-state index is 14.0. The van der Waals surface area contributed by atoms with Crippen molar-refractivity contribution in [3.8, 4) is 0 Å². The zero-order chi connectivity index (χ0) is 22.9. The van der Waals surface area contributed by atoms with Gasteiger partial charge >= 0.3 is 11.9 Å².